The highest BCUT2D eigenvalue weighted by Crippen LogP contribution is 2.32. The molecular formula is C8H6Cl2O3. The molecule has 0 bridgehead atoms. The van der Waals surface area contributed by atoms with Crippen molar-refractivity contribution < 1.29 is 15.0 Å². The van der Waals surface area contributed by atoms with Crippen LogP contribution in [0, 0.1) is 0 Å². The molecule has 1 aromatic carbocycles. The number of benzene rings is 1. The molecule has 0 fully saturated rings. The quantitative estimate of drug-likeness (QED) is 0.805. The predicted octanol–water partition coefficient (Wildman–Crippen LogP) is 2.33. The molecule has 2 N–H and O–H groups in total. The van der Waals surface area contributed by atoms with Crippen LogP contribution < -0.4 is 0 Å². The molecule has 0 atom stereocenters. The number of hydrogen-bond donors (Lipinski definition) is 2. The van der Waals surface area contributed by atoms with Gasteiger partial charge in [-0.15, -0.1) is 0 Å². The number of carboxylic acid groups (broad SMARTS) is 1. The molecule has 0 saturated carbocycles. The third-order valence-electron chi connectivity index (χ3n) is 1.43. The predicted molar refractivity (Wildman–Crippen MR) is 49.5 cm³/mol. The number of halogens is 2. The molecule has 0 saturated heterocycles. The second-order valence-electron chi connectivity index (χ2n) is 2.48. The summed E-state index contributed by atoms with van der Waals surface area (Å²) in [4.78, 5) is 10.3. The number of hydrogen-bond acceptors (Lipinski definition) is 2. The van der Waals surface area contributed by atoms with Crippen molar-refractivity contribution in [1.29, 1.82) is 0 Å². The molecule has 13 heavy (non-hydrogen) atoms. The first-order chi connectivity index (χ1) is 6.00. The van der Waals surface area contributed by atoms with Crippen molar-refractivity contribution in [2.75, 3.05) is 0 Å². The first-order valence-electron chi connectivity index (χ1n) is 3.39. The molecule has 0 unspecified atom stereocenters. The number of aromatic hydroxyl groups is 1. The topological polar surface area (TPSA) is 57.5 Å². The van der Waals surface area contributed by atoms with E-state index in [-0.39, 0.29) is 22.2 Å². The summed E-state index contributed by atoms with van der Waals surface area (Å²) in [6.45, 7) is 0. The van der Waals surface area contributed by atoms with Crippen molar-refractivity contribution in [3.63, 3.8) is 0 Å². The van der Waals surface area contributed by atoms with Gasteiger partial charge in [0.25, 0.3) is 0 Å². The van der Waals surface area contributed by atoms with Gasteiger partial charge >= 0.3 is 5.97 Å². The Morgan fingerprint density at radius 3 is 2.15 bits per heavy atom. The lowest BCUT2D eigenvalue weighted by atomic mass is 10.1. The van der Waals surface area contributed by atoms with Crippen LogP contribution in [-0.4, -0.2) is 16.2 Å². The largest absolute Gasteiger partial charge is 0.505 e. The third kappa shape index (κ3) is 2.50. The van der Waals surface area contributed by atoms with Crippen molar-refractivity contribution in [3.8, 4) is 5.75 Å². The Hall–Kier alpha value is -0.930. The minimum absolute atomic E-state index is 0.0590. The van der Waals surface area contributed by atoms with Crippen LogP contribution in [0.1, 0.15) is 5.56 Å². The lowest BCUT2D eigenvalue weighted by Gasteiger charge is -2.02. The molecule has 1 aromatic rings. The first-order valence-corrected chi connectivity index (χ1v) is 4.15. The minimum atomic E-state index is -0.974. The van der Waals surface area contributed by atoms with E-state index < -0.39 is 5.97 Å². The van der Waals surface area contributed by atoms with Crippen LogP contribution in [0.2, 0.25) is 10.0 Å². The summed E-state index contributed by atoms with van der Waals surface area (Å²) >= 11 is 11.2. The van der Waals surface area contributed by atoms with Gasteiger partial charge in [0.1, 0.15) is 0 Å². The molecule has 0 aliphatic rings. The molecule has 3 nitrogen and oxygen atoms in total. The Morgan fingerprint density at radius 1 is 1.31 bits per heavy atom. The number of rotatable bonds is 2. The standard InChI is InChI=1S/C8H6Cl2O3/c9-5-1-4(3-7(11)12)2-6(10)8(5)13/h1-2,13H,3H2,(H,11,12). The fourth-order valence-corrected chi connectivity index (χ4v) is 1.43. The molecule has 0 radical (unpaired) electrons. The highest BCUT2D eigenvalue weighted by atomic mass is 35.5. The summed E-state index contributed by atoms with van der Waals surface area (Å²) < 4.78 is 0. The van der Waals surface area contributed by atoms with Crippen LogP contribution in [0.4, 0.5) is 0 Å². The van der Waals surface area contributed by atoms with E-state index in [1.54, 1.807) is 0 Å². The van der Waals surface area contributed by atoms with Gasteiger partial charge in [-0.3, -0.25) is 4.79 Å². The number of phenols is 1. The number of carboxylic acids is 1. The Bertz CT molecular complexity index is 326. The summed E-state index contributed by atoms with van der Waals surface area (Å²) in [5.74, 6) is -1.20. The van der Waals surface area contributed by atoms with E-state index in [0.717, 1.165) is 0 Å². The molecule has 0 heterocycles. The van der Waals surface area contributed by atoms with E-state index >= 15 is 0 Å². The van der Waals surface area contributed by atoms with Crippen molar-refractivity contribution in [2.24, 2.45) is 0 Å². The van der Waals surface area contributed by atoms with Gasteiger partial charge in [0.15, 0.2) is 5.75 Å². The van der Waals surface area contributed by atoms with Gasteiger partial charge in [-0.2, -0.15) is 0 Å². The normalized spacial score (nSPS) is 10.0. The van der Waals surface area contributed by atoms with Crippen molar-refractivity contribution >= 4 is 29.2 Å². The molecule has 0 aromatic heterocycles. The van der Waals surface area contributed by atoms with Gasteiger partial charge in [-0.1, -0.05) is 23.2 Å². The zero-order valence-electron chi connectivity index (χ0n) is 6.42. The number of phenolic OH excluding ortho intramolecular Hbond substituents is 1. The molecule has 0 aliphatic heterocycles. The molecule has 0 spiro atoms. The maximum Gasteiger partial charge on any atom is 0.307 e. The SMILES string of the molecule is O=C(O)Cc1cc(Cl)c(O)c(Cl)c1. The van der Waals surface area contributed by atoms with E-state index in [4.69, 9.17) is 33.4 Å². The summed E-state index contributed by atoms with van der Waals surface area (Å²) in [7, 11) is 0. The average Bonchev–Trinajstić information content (AvgIpc) is 1.98. The maximum atomic E-state index is 10.3. The van der Waals surface area contributed by atoms with E-state index in [1.807, 2.05) is 0 Å². The van der Waals surface area contributed by atoms with Crippen LogP contribution in [0.5, 0.6) is 5.75 Å². The second-order valence-corrected chi connectivity index (χ2v) is 3.29. The lowest BCUT2D eigenvalue weighted by Crippen LogP contribution is -1.99. The van der Waals surface area contributed by atoms with E-state index in [1.165, 1.54) is 12.1 Å². The van der Waals surface area contributed by atoms with E-state index in [2.05, 4.69) is 0 Å². The van der Waals surface area contributed by atoms with Crippen molar-refractivity contribution in [2.45, 2.75) is 6.42 Å². The van der Waals surface area contributed by atoms with Crippen LogP contribution in [-0.2, 0) is 11.2 Å². The molecule has 5 heteroatoms. The van der Waals surface area contributed by atoms with Crippen molar-refractivity contribution in [1.82, 2.24) is 0 Å². The average molecular weight is 221 g/mol. The highest BCUT2D eigenvalue weighted by molar-refractivity contribution is 6.37. The van der Waals surface area contributed by atoms with Gasteiger partial charge in [-0.25, -0.2) is 0 Å². The molecule has 1 rings (SSSR count). The van der Waals surface area contributed by atoms with Crippen LogP contribution >= 0.6 is 23.2 Å². The molecular weight excluding hydrogens is 215 g/mol. The van der Waals surface area contributed by atoms with E-state index in [9.17, 15) is 4.79 Å². The van der Waals surface area contributed by atoms with Gasteiger partial charge in [0, 0.05) is 0 Å². The lowest BCUT2D eigenvalue weighted by molar-refractivity contribution is -0.136. The third-order valence-corrected chi connectivity index (χ3v) is 2.01. The zero-order chi connectivity index (χ0) is 10.0. The van der Waals surface area contributed by atoms with Gasteiger partial charge in [-0.05, 0) is 17.7 Å². The van der Waals surface area contributed by atoms with Crippen molar-refractivity contribution in [3.05, 3.63) is 27.7 Å². The Morgan fingerprint density at radius 2 is 1.77 bits per heavy atom. The first kappa shape index (κ1) is 10.2. The molecule has 0 amide bonds. The van der Waals surface area contributed by atoms with E-state index in [0.29, 0.717) is 5.56 Å². The Labute approximate surface area is 84.5 Å². The summed E-state index contributed by atoms with van der Waals surface area (Å²) in [6, 6.07) is 2.74. The summed E-state index contributed by atoms with van der Waals surface area (Å²) in [6.07, 6.45) is -0.167. The minimum Gasteiger partial charge on any atom is -0.505 e. The Balaban J connectivity index is 3.06. The van der Waals surface area contributed by atoms with Crippen LogP contribution in [0.15, 0.2) is 12.1 Å². The van der Waals surface area contributed by atoms with Gasteiger partial charge < -0.3 is 10.2 Å². The molecule has 0 aliphatic carbocycles. The van der Waals surface area contributed by atoms with Gasteiger partial charge in [0.05, 0.1) is 16.5 Å². The maximum absolute atomic E-state index is 10.3. The fourth-order valence-electron chi connectivity index (χ4n) is 0.895. The van der Waals surface area contributed by atoms with Crippen LogP contribution in [0.25, 0.3) is 0 Å². The number of carbonyl (C=O) groups is 1. The summed E-state index contributed by atoms with van der Waals surface area (Å²) in [5, 5.41) is 17.7. The molecule has 70 valence electrons. The van der Waals surface area contributed by atoms with Gasteiger partial charge in [0.2, 0.25) is 0 Å². The summed E-state index contributed by atoms with van der Waals surface area (Å²) in [5.41, 5.74) is 0.459. The number of aliphatic carboxylic acids is 1. The monoisotopic (exact) mass is 220 g/mol. The zero-order valence-corrected chi connectivity index (χ0v) is 7.93. The smallest absolute Gasteiger partial charge is 0.307 e. The second kappa shape index (κ2) is 3.85. The highest BCUT2D eigenvalue weighted by Gasteiger charge is 2.08. The Kier molecular flexibility index (Phi) is 3.01. The van der Waals surface area contributed by atoms with Crippen LogP contribution in [0.3, 0.4) is 0 Å². The fraction of sp³-hybridized carbons (Fsp3) is 0.125.